The molecule has 1 aliphatic carbocycles. The van der Waals surface area contributed by atoms with Crippen LogP contribution in [0.1, 0.15) is 23.7 Å². The number of aromatic nitrogens is 1. The molecule has 0 saturated heterocycles. The number of nitrogens with one attached hydrogen (secondary N) is 1. The topological polar surface area (TPSA) is 68.0 Å². The molecule has 6 heteroatoms. The minimum atomic E-state index is -0.250. The van der Waals surface area contributed by atoms with Crippen molar-refractivity contribution in [1.82, 2.24) is 9.88 Å². The number of furan rings is 2. The van der Waals surface area contributed by atoms with Crippen molar-refractivity contribution < 1.29 is 8.83 Å². The Morgan fingerprint density at radius 2 is 1.21 bits per heavy atom. The van der Waals surface area contributed by atoms with Gasteiger partial charge < -0.3 is 18.7 Å². The van der Waals surface area contributed by atoms with E-state index in [4.69, 9.17) is 18.8 Å². The molecule has 1 N–H and O–H groups in total. The summed E-state index contributed by atoms with van der Waals surface area (Å²) in [6.07, 6.45) is 5.05. The minimum Gasteiger partial charge on any atom is -0.456 e. The molecule has 270 valence electrons. The first kappa shape index (κ1) is 31.9. The Morgan fingerprint density at radius 3 is 1.96 bits per heavy atom. The average molecular weight is 735 g/mol. The van der Waals surface area contributed by atoms with E-state index < -0.39 is 0 Å². The van der Waals surface area contributed by atoms with Gasteiger partial charge in [-0.15, -0.1) is 0 Å². The molecule has 1 aliphatic heterocycles. The highest BCUT2D eigenvalue weighted by Gasteiger charge is 2.27. The molecule has 0 radical (unpaired) electrons. The first-order valence-electron chi connectivity index (χ1n) is 19.5. The summed E-state index contributed by atoms with van der Waals surface area (Å²) in [4.78, 5) is 10.2. The zero-order valence-electron chi connectivity index (χ0n) is 30.8. The number of para-hydroxylation sites is 3. The van der Waals surface area contributed by atoms with E-state index in [9.17, 15) is 0 Å². The van der Waals surface area contributed by atoms with Gasteiger partial charge in [0, 0.05) is 43.6 Å². The Hall–Kier alpha value is -7.44. The van der Waals surface area contributed by atoms with Crippen molar-refractivity contribution in [3.63, 3.8) is 0 Å². The van der Waals surface area contributed by atoms with Gasteiger partial charge in [-0.05, 0) is 59.5 Å². The van der Waals surface area contributed by atoms with Gasteiger partial charge in [0.05, 0.1) is 16.7 Å². The van der Waals surface area contributed by atoms with Crippen LogP contribution >= 0.6 is 0 Å². The highest BCUT2D eigenvalue weighted by Crippen LogP contribution is 2.42. The second-order valence-electron chi connectivity index (χ2n) is 14.8. The molecule has 2 unspecified atom stereocenters. The minimum absolute atomic E-state index is 0.00824. The maximum Gasteiger partial charge on any atom is 0.159 e. The SMILES string of the molecule is C1=c2oc3cccc(-c4cccc5oc6c(-n7c8ccccc8c8ccccc87)cccc6c45)c3c2=CC(C2=NC(c3ccccc3)=NC(c3ccccc3)N2)C1. The Bertz CT molecular complexity index is 3370. The van der Waals surface area contributed by atoms with E-state index in [0.29, 0.717) is 0 Å². The monoisotopic (exact) mass is 734 g/mol. The van der Waals surface area contributed by atoms with Gasteiger partial charge >= 0.3 is 0 Å². The molecule has 7 aromatic carbocycles. The van der Waals surface area contributed by atoms with Crippen LogP contribution in [0.15, 0.2) is 183 Å². The van der Waals surface area contributed by atoms with E-state index in [0.717, 1.165) is 101 Å². The first-order chi connectivity index (χ1) is 28.3. The van der Waals surface area contributed by atoms with Crippen LogP contribution in [0.3, 0.4) is 0 Å². The van der Waals surface area contributed by atoms with Crippen LogP contribution in [-0.4, -0.2) is 16.2 Å². The van der Waals surface area contributed by atoms with Crippen LogP contribution in [0, 0.1) is 5.92 Å². The second kappa shape index (κ2) is 12.5. The Labute approximate surface area is 327 Å². The van der Waals surface area contributed by atoms with E-state index in [1.165, 1.54) is 10.8 Å². The zero-order chi connectivity index (χ0) is 37.5. The largest absolute Gasteiger partial charge is 0.456 e. The van der Waals surface area contributed by atoms with Crippen LogP contribution in [-0.2, 0) is 0 Å². The smallest absolute Gasteiger partial charge is 0.159 e. The number of hydrogen-bond acceptors (Lipinski definition) is 5. The second-order valence-corrected chi connectivity index (χ2v) is 14.8. The van der Waals surface area contributed by atoms with Gasteiger partial charge in [-0.2, -0.15) is 0 Å². The van der Waals surface area contributed by atoms with Crippen LogP contribution in [0.5, 0.6) is 0 Å². The van der Waals surface area contributed by atoms with Gasteiger partial charge in [-0.3, -0.25) is 0 Å². The fourth-order valence-corrected chi connectivity index (χ4v) is 9.02. The average Bonchev–Trinajstić information content (AvgIpc) is 3.96. The highest BCUT2D eigenvalue weighted by atomic mass is 16.3. The molecule has 0 saturated carbocycles. The van der Waals surface area contributed by atoms with E-state index in [1.54, 1.807) is 0 Å². The molecule has 0 amide bonds. The van der Waals surface area contributed by atoms with Crippen molar-refractivity contribution in [2.24, 2.45) is 15.9 Å². The Morgan fingerprint density at radius 1 is 0.579 bits per heavy atom. The number of fused-ring (bicyclic) bond motifs is 9. The van der Waals surface area contributed by atoms with Crippen molar-refractivity contribution in [3.8, 4) is 16.8 Å². The lowest BCUT2D eigenvalue weighted by atomic mass is 9.92. The number of hydrogen-bond donors (Lipinski definition) is 1. The van der Waals surface area contributed by atoms with Crippen molar-refractivity contribution in [1.29, 1.82) is 0 Å². The standard InChI is InChI=1S/C51H34N4O2/c1-3-14-31(15-4-1)49-52-50(32-16-5-2-6-17-32)54-51(53-49)33-28-29-43-39(30-33)47-37(21-12-26-44(47)56-43)36-20-13-27-45-46(36)38-22-11-25-42(48(38)57-45)55-40-23-9-7-18-34(40)35-19-8-10-24-41(35)55/h1-27,29-30,33,49H,28H2,(H,52,53,54). The summed E-state index contributed by atoms with van der Waals surface area (Å²) in [5.74, 6) is 1.62. The van der Waals surface area contributed by atoms with Gasteiger partial charge in [0.1, 0.15) is 28.6 Å². The molecule has 4 heterocycles. The third-order valence-corrected chi connectivity index (χ3v) is 11.6. The molecule has 6 nitrogen and oxygen atoms in total. The normalized spacial score (nSPS) is 16.6. The number of benzene rings is 7. The lowest BCUT2D eigenvalue weighted by Gasteiger charge is -2.27. The summed E-state index contributed by atoms with van der Waals surface area (Å²) in [5, 5.41) is 10.5. The molecule has 2 aliphatic rings. The molecule has 0 bridgehead atoms. The lowest BCUT2D eigenvalue weighted by molar-refractivity contribution is 0.569. The molecular formula is C51H34N4O2. The summed E-state index contributed by atoms with van der Waals surface area (Å²) in [7, 11) is 0. The zero-order valence-corrected chi connectivity index (χ0v) is 30.8. The van der Waals surface area contributed by atoms with E-state index in [-0.39, 0.29) is 12.1 Å². The predicted octanol–water partition coefficient (Wildman–Crippen LogP) is 10.8. The summed E-state index contributed by atoms with van der Waals surface area (Å²) >= 11 is 0. The number of aliphatic imine (C=N–C) groups is 2. The molecule has 0 fully saturated rings. The first-order valence-corrected chi connectivity index (χ1v) is 19.5. The predicted molar refractivity (Wildman–Crippen MR) is 232 cm³/mol. The van der Waals surface area contributed by atoms with Gasteiger partial charge in [0.25, 0.3) is 0 Å². The highest BCUT2D eigenvalue weighted by molar-refractivity contribution is 6.18. The van der Waals surface area contributed by atoms with Gasteiger partial charge in [-0.25, -0.2) is 9.98 Å². The molecule has 2 atom stereocenters. The number of amidine groups is 2. The van der Waals surface area contributed by atoms with E-state index >= 15 is 0 Å². The fourth-order valence-electron chi connectivity index (χ4n) is 9.02. The van der Waals surface area contributed by atoms with Crippen molar-refractivity contribution >= 4 is 78.5 Å². The Kier molecular flexibility index (Phi) is 7.01. The molecule has 0 spiro atoms. The third kappa shape index (κ3) is 4.97. The van der Waals surface area contributed by atoms with Crippen LogP contribution < -0.4 is 16.0 Å². The molecular weight excluding hydrogens is 701 g/mol. The summed E-state index contributed by atoms with van der Waals surface area (Å²) in [6, 6.07) is 57.1. The van der Waals surface area contributed by atoms with Crippen molar-refractivity contribution in [2.75, 3.05) is 0 Å². The number of rotatable bonds is 5. The van der Waals surface area contributed by atoms with Gasteiger partial charge in [0.2, 0.25) is 0 Å². The maximum absolute atomic E-state index is 6.87. The quantitative estimate of drug-likeness (QED) is 0.191. The molecule has 57 heavy (non-hydrogen) atoms. The van der Waals surface area contributed by atoms with E-state index in [2.05, 4.69) is 162 Å². The molecule has 3 aromatic heterocycles. The van der Waals surface area contributed by atoms with Gasteiger partial charge in [0.15, 0.2) is 11.4 Å². The summed E-state index contributed by atoms with van der Waals surface area (Å²) in [5.41, 5.74) is 11.1. The molecule has 10 aromatic rings. The molecule has 12 rings (SSSR count). The van der Waals surface area contributed by atoms with E-state index in [1.807, 2.05) is 24.3 Å². The Balaban J connectivity index is 1.03. The number of nitrogens with zero attached hydrogens (tertiary/aromatic N) is 3. The fraction of sp³-hybridized carbons (Fsp3) is 0.0588. The summed E-state index contributed by atoms with van der Waals surface area (Å²) < 4.78 is 15.8. The lowest BCUT2D eigenvalue weighted by Crippen LogP contribution is -2.39. The third-order valence-electron chi connectivity index (χ3n) is 11.6. The van der Waals surface area contributed by atoms with Crippen LogP contribution in [0.2, 0.25) is 0 Å². The van der Waals surface area contributed by atoms with Crippen LogP contribution in [0.4, 0.5) is 0 Å². The maximum atomic E-state index is 6.87. The summed E-state index contributed by atoms with van der Waals surface area (Å²) in [6.45, 7) is 0. The van der Waals surface area contributed by atoms with Crippen molar-refractivity contribution in [3.05, 3.63) is 186 Å². The van der Waals surface area contributed by atoms with Crippen LogP contribution in [0.25, 0.3) is 83.7 Å². The van der Waals surface area contributed by atoms with Gasteiger partial charge in [-0.1, -0.05) is 140 Å². The van der Waals surface area contributed by atoms with Crippen molar-refractivity contribution in [2.45, 2.75) is 12.6 Å².